The third-order valence-corrected chi connectivity index (χ3v) is 7.00. The predicted molar refractivity (Wildman–Crippen MR) is 119 cm³/mol. The summed E-state index contributed by atoms with van der Waals surface area (Å²) in [4.78, 5) is 26.8. The SMILES string of the molecule is CCCCc1cc(=O)oc2cc(OC(C)C(=O)N3CCC4(O)CCCCC4C3)ccc12. The largest absolute Gasteiger partial charge is 0.481 e. The first kappa shape index (κ1) is 21.9. The standard InChI is InChI=1S/C25H33NO5/c1-3-4-7-18-14-23(27)31-22-15-20(9-10-21(18)22)30-17(2)24(28)26-13-12-25(29)11-6-5-8-19(25)16-26/h9-10,14-15,17,19,29H,3-8,11-13,16H2,1-2H3. The van der Waals surface area contributed by atoms with Crippen LogP contribution >= 0.6 is 0 Å². The van der Waals surface area contributed by atoms with Crippen molar-refractivity contribution in [2.75, 3.05) is 13.1 Å². The minimum absolute atomic E-state index is 0.0640. The first-order valence-electron chi connectivity index (χ1n) is 11.6. The number of hydrogen-bond donors (Lipinski definition) is 1. The fourth-order valence-corrected chi connectivity index (χ4v) is 5.14. The molecular formula is C25H33NO5. The van der Waals surface area contributed by atoms with Gasteiger partial charge in [0, 0.05) is 36.5 Å². The highest BCUT2D eigenvalue weighted by molar-refractivity contribution is 5.83. The van der Waals surface area contributed by atoms with Crippen molar-refractivity contribution < 1.29 is 19.1 Å². The van der Waals surface area contributed by atoms with Crippen molar-refractivity contribution in [3.8, 4) is 5.75 Å². The molecule has 3 unspecified atom stereocenters. The van der Waals surface area contributed by atoms with Crippen LogP contribution in [-0.2, 0) is 11.2 Å². The van der Waals surface area contributed by atoms with Gasteiger partial charge in [-0.15, -0.1) is 0 Å². The van der Waals surface area contributed by atoms with Crippen LogP contribution in [0.2, 0.25) is 0 Å². The van der Waals surface area contributed by atoms with Crippen LogP contribution in [0.4, 0.5) is 0 Å². The fraction of sp³-hybridized carbons (Fsp3) is 0.600. The summed E-state index contributed by atoms with van der Waals surface area (Å²) in [5, 5.41) is 11.8. The summed E-state index contributed by atoms with van der Waals surface area (Å²) >= 11 is 0. The summed E-state index contributed by atoms with van der Waals surface area (Å²) in [7, 11) is 0. The zero-order valence-corrected chi connectivity index (χ0v) is 18.6. The summed E-state index contributed by atoms with van der Waals surface area (Å²) in [5.41, 5.74) is 0.496. The number of unbranched alkanes of at least 4 members (excludes halogenated alkanes) is 1. The molecular weight excluding hydrogens is 394 g/mol. The van der Waals surface area contributed by atoms with Crippen molar-refractivity contribution in [1.82, 2.24) is 4.90 Å². The molecule has 2 fully saturated rings. The molecule has 1 saturated carbocycles. The third-order valence-electron chi connectivity index (χ3n) is 7.00. The van der Waals surface area contributed by atoms with Crippen LogP contribution in [0.5, 0.6) is 5.75 Å². The van der Waals surface area contributed by atoms with Gasteiger partial charge in [0.1, 0.15) is 11.3 Å². The molecule has 2 heterocycles. The van der Waals surface area contributed by atoms with Gasteiger partial charge in [-0.25, -0.2) is 4.79 Å². The number of hydrogen-bond acceptors (Lipinski definition) is 5. The monoisotopic (exact) mass is 427 g/mol. The second kappa shape index (κ2) is 9.03. The van der Waals surface area contributed by atoms with Crippen molar-refractivity contribution in [2.24, 2.45) is 5.92 Å². The van der Waals surface area contributed by atoms with Gasteiger partial charge >= 0.3 is 5.63 Å². The number of likely N-dealkylation sites (tertiary alicyclic amines) is 1. The summed E-state index contributed by atoms with van der Waals surface area (Å²) < 4.78 is 11.3. The van der Waals surface area contributed by atoms with Crippen LogP contribution in [0, 0.1) is 5.92 Å². The Morgan fingerprint density at radius 3 is 2.97 bits per heavy atom. The molecule has 1 aliphatic carbocycles. The number of aryl methyl sites for hydroxylation is 1. The number of carbonyl (C=O) groups excluding carboxylic acids is 1. The normalized spacial score (nSPS) is 24.6. The molecule has 1 aromatic carbocycles. The second-order valence-electron chi connectivity index (χ2n) is 9.19. The van der Waals surface area contributed by atoms with Crippen molar-refractivity contribution >= 4 is 16.9 Å². The predicted octanol–water partition coefficient (Wildman–Crippen LogP) is 4.06. The van der Waals surface area contributed by atoms with E-state index in [0.717, 1.165) is 55.9 Å². The summed E-state index contributed by atoms with van der Waals surface area (Å²) in [6.07, 6.45) is 6.87. The van der Waals surface area contributed by atoms with E-state index in [0.29, 0.717) is 30.8 Å². The lowest BCUT2D eigenvalue weighted by Gasteiger charge is -2.47. The van der Waals surface area contributed by atoms with Crippen LogP contribution in [0.1, 0.15) is 64.4 Å². The Kier molecular flexibility index (Phi) is 6.37. The average molecular weight is 428 g/mol. The topological polar surface area (TPSA) is 80.0 Å². The van der Waals surface area contributed by atoms with Crippen molar-refractivity contribution in [3.05, 3.63) is 40.2 Å². The first-order chi connectivity index (χ1) is 14.9. The summed E-state index contributed by atoms with van der Waals surface area (Å²) in [6.45, 7) is 5.03. The van der Waals surface area contributed by atoms with E-state index in [1.54, 1.807) is 19.1 Å². The van der Waals surface area contributed by atoms with E-state index in [4.69, 9.17) is 9.15 Å². The molecule has 0 bridgehead atoms. The molecule has 31 heavy (non-hydrogen) atoms. The Morgan fingerprint density at radius 1 is 1.32 bits per heavy atom. The lowest BCUT2D eigenvalue weighted by atomic mass is 9.71. The van der Waals surface area contributed by atoms with E-state index in [-0.39, 0.29) is 17.5 Å². The number of nitrogens with zero attached hydrogens (tertiary/aromatic N) is 1. The summed E-state index contributed by atoms with van der Waals surface area (Å²) in [6, 6.07) is 7.00. The van der Waals surface area contributed by atoms with Gasteiger partial charge in [-0.3, -0.25) is 4.79 Å². The van der Waals surface area contributed by atoms with Crippen molar-refractivity contribution in [3.63, 3.8) is 0 Å². The van der Waals surface area contributed by atoms with Crippen LogP contribution in [0.15, 0.2) is 33.5 Å². The lowest BCUT2D eigenvalue weighted by Crippen LogP contribution is -2.56. The Morgan fingerprint density at radius 2 is 2.16 bits per heavy atom. The van der Waals surface area contributed by atoms with E-state index >= 15 is 0 Å². The zero-order valence-electron chi connectivity index (χ0n) is 18.6. The van der Waals surface area contributed by atoms with E-state index in [1.165, 1.54) is 0 Å². The van der Waals surface area contributed by atoms with Gasteiger partial charge in [0.05, 0.1) is 5.60 Å². The molecule has 0 spiro atoms. The van der Waals surface area contributed by atoms with E-state index in [2.05, 4.69) is 6.92 Å². The quantitative estimate of drug-likeness (QED) is 0.704. The number of ether oxygens (including phenoxy) is 1. The number of benzene rings is 1. The van der Waals surface area contributed by atoms with Crippen molar-refractivity contribution in [2.45, 2.75) is 76.9 Å². The van der Waals surface area contributed by atoms with Gasteiger partial charge in [0.15, 0.2) is 6.10 Å². The maximum atomic E-state index is 13.0. The van der Waals surface area contributed by atoms with Crippen molar-refractivity contribution in [1.29, 1.82) is 0 Å². The van der Waals surface area contributed by atoms with Gasteiger partial charge in [0.25, 0.3) is 5.91 Å². The fourth-order valence-electron chi connectivity index (χ4n) is 5.14. The minimum atomic E-state index is -0.651. The Hall–Kier alpha value is -2.34. The third kappa shape index (κ3) is 4.64. The highest BCUT2D eigenvalue weighted by Gasteiger charge is 2.44. The van der Waals surface area contributed by atoms with Crippen LogP contribution in [0.25, 0.3) is 11.0 Å². The number of rotatable bonds is 6. The maximum absolute atomic E-state index is 13.0. The molecule has 1 aliphatic heterocycles. The number of piperidine rings is 1. The number of fused-ring (bicyclic) bond motifs is 2. The molecule has 2 aliphatic rings. The molecule has 2 aromatic rings. The molecule has 0 radical (unpaired) electrons. The molecule has 1 N–H and O–H groups in total. The summed E-state index contributed by atoms with van der Waals surface area (Å²) in [5.74, 6) is 0.601. The first-order valence-corrected chi connectivity index (χ1v) is 11.6. The van der Waals surface area contributed by atoms with Gasteiger partial charge in [0.2, 0.25) is 0 Å². The minimum Gasteiger partial charge on any atom is -0.481 e. The smallest absolute Gasteiger partial charge is 0.336 e. The number of carbonyl (C=O) groups is 1. The molecule has 168 valence electrons. The molecule has 6 heteroatoms. The van der Waals surface area contributed by atoms with Gasteiger partial charge in [-0.1, -0.05) is 26.2 Å². The van der Waals surface area contributed by atoms with Crippen LogP contribution in [0.3, 0.4) is 0 Å². The highest BCUT2D eigenvalue weighted by atomic mass is 16.5. The van der Waals surface area contributed by atoms with Gasteiger partial charge < -0.3 is 19.2 Å². The van der Waals surface area contributed by atoms with Gasteiger partial charge in [-0.05, 0) is 56.7 Å². The zero-order chi connectivity index (χ0) is 22.0. The van der Waals surface area contributed by atoms with E-state index in [9.17, 15) is 14.7 Å². The van der Waals surface area contributed by atoms with E-state index < -0.39 is 11.7 Å². The average Bonchev–Trinajstić information content (AvgIpc) is 2.75. The maximum Gasteiger partial charge on any atom is 0.336 e. The molecule has 3 atom stereocenters. The molecule has 4 rings (SSSR count). The number of amides is 1. The van der Waals surface area contributed by atoms with Gasteiger partial charge in [-0.2, -0.15) is 0 Å². The van der Waals surface area contributed by atoms with Crippen LogP contribution < -0.4 is 10.4 Å². The molecule has 1 aromatic heterocycles. The lowest BCUT2D eigenvalue weighted by molar-refractivity contribution is -0.149. The second-order valence-corrected chi connectivity index (χ2v) is 9.19. The number of aliphatic hydroxyl groups is 1. The Labute approximate surface area is 183 Å². The molecule has 1 saturated heterocycles. The molecule has 6 nitrogen and oxygen atoms in total. The highest BCUT2D eigenvalue weighted by Crippen LogP contribution is 2.40. The van der Waals surface area contributed by atoms with E-state index in [1.807, 2.05) is 17.0 Å². The Bertz CT molecular complexity index is 999. The van der Waals surface area contributed by atoms with Crippen LogP contribution in [-0.4, -0.2) is 40.7 Å². The Balaban J connectivity index is 1.46. The molecule has 1 amide bonds.